The predicted molar refractivity (Wildman–Crippen MR) is 58.5 cm³/mol. The first-order chi connectivity index (χ1) is 8.08. The van der Waals surface area contributed by atoms with E-state index in [1.165, 1.54) is 6.07 Å². The van der Waals surface area contributed by atoms with Crippen LogP contribution in [0, 0.1) is 11.8 Å². The largest absolute Gasteiger partial charge is 0.347 e. The minimum Gasteiger partial charge on any atom is -0.347 e. The Balaban J connectivity index is 2.17. The summed E-state index contributed by atoms with van der Waals surface area (Å²) in [6.07, 6.45) is 4.73. The Bertz CT molecular complexity index is 439. The van der Waals surface area contributed by atoms with Gasteiger partial charge in [0.1, 0.15) is 0 Å². The van der Waals surface area contributed by atoms with Gasteiger partial charge in [-0.2, -0.15) is 4.39 Å². The molecule has 1 saturated carbocycles. The van der Waals surface area contributed by atoms with Crippen LogP contribution < -0.4 is 5.32 Å². The number of pyridine rings is 1. The van der Waals surface area contributed by atoms with Crippen molar-refractivity contribution in [2.24, 2.45) is 0 Å². The van der Waals surface area contributed by atoms with Crippen LogP contribution in [0.2, 0.25) is 0 Å². The van der Waals surface area contributed by atoms with Crippen LogP contribution in [-0.4, -0.2) is 16.4 Å². The molecule has 1 amide bonds. The van der Waals surface area contributed by atoms with Gasteiger partial charge in [0.15, 0.2) is 5.82 Å². The molecular formula is C12H14F2N2O. The molecule has 1 N–H and O–H groups in total. The number of nitrogens with one attached hydrogen (secondary N) is 1. The molecule has 3 nitrogen and oxygen atoms in total. The Kier molecular flexibility index (Phi) is 3.09. The van der Waals surface area contributed by atoms with Gasteiger partial charge in [-0.25, -0.2) is 9.37 Å². The van der Waals surface area contributed by atoms with E-state index in [0.717, 1.165) is 31.9 Å². The van der Waals surface area contributed by atoms with E-state index in [1.807, 2.05) is 6.92 Å². The van der Waals surface area contributed by atoms with Crippen molar-refractivity contribution in [1.82, 2.24) is 10.3 Å². The first kappa shape index (κ1) is 12.0. The molecule has 0 spiro atoms. The quantitative estimate of drug-likeness (QED) is 0.824. The maximum atomic E-state index is 13.4. The fourth-order valence-corrected chi connectivity index (χ4v) is 2.07. The van der Waals surface area contributed by atoms with E-state index in [4.69, 9.17) is 0 Å². The first-order valence-electron chi connectivity index (χ1n) is 5.70. The number of hydrogen-bond acceptors (Lipinski definition) is 2. The lowest BCUT2D eigenvalue weighted by Crippen LogP contribution is -2.53. The number of nitrogens with zero attached hydrogens (tertiary/aromatic N) is 1. The van der Waals surface area contributed by atoms with Gasteiger partial charge < -0.3 is 5.32 Å². The van der Waals surface area contributed by atoms with E-state index in [-0.39, 0.29) is 11.1 Å². The van der Waals surface area contributed by atoms with Crippen molar-refractivity contribution in [3.8, 4) is 0 Å². The topological polar surface area (TPSA) is 42.0 Å². The normalized spacial score (nSPS) is 17.4. The zero-order valence-electron chi connectivity index (χ0n) is 9.59. The highest BCUT2D eigenvalue weighted by Crippen LogP contribution is 2.34. The average Bonchev–Trinajstić information content (AvgIpc) is 2.27. The van der Waals surface area contributed by atoms with Crippen LogP contribution in [0.15, 0.2) is 12.3 Å². The van der Waals surface area contributed by atoms with Crippen molar-refractivity contribution >= 4 is 5.91 Å². The molecule has 0 atom stereocenters. The van der Waals surface area contributed by atoms with Gasteiger partial charge in [0.05, 0.1) is 5.56 Å². The fraction of sp³-hybridized carbons (Fsp3) is 0.500. The average molecular weight is 240 g/mol. The lowest BCUT2D eigenvalue weighted by atomic mass is 9.74. The van der Waals surface area contributed by atoms with Crippen LogP contribution in [-0.2, 0) is 0 Å². The molecule has 0 radical (unpaired) electrons. The molecule has 17 heavy (non-hydrogen) atoms. The maximum absolute atomic E-state index is 13.4. The number of halogens is 2. The Labute approximate surface area is 98.2 Å². The van der Waals surface area contributed by atoms with Gasteiger partial charge in [0.2, 0.25) is 5.95 Å². The SMILES string of the molecule is CCC1(NC(=O)c2ccnc(F)c2F)CCC1. The van der Waals surface area contributed by atoms with Gasteiger partial charge >= 0.3 is 0 Å². The van der Waals surface area contributed by atoms with Crippen LogP contribution in [0.5, 0.6) is 0 Å². The lowest BCUT2D eigenvalue weighted by Gasteiger charge is -2.42. The second kappa shape index (κ2) is 4.39. The molecule has 1 aromatic rings. The van der Waals surface area contributed by atoms with E-state index in [1.54, 1.807) is 0 Å². The highest BCUT2D eigenvalue weighted by atomic mass is 19.2. The number of rotatable bonds is 3. The molecule has 0 saturated heterocycles. The Morgan fingerprint density at radius 1 is 1.53 bits per heavy atom. The summed E-state index contributed by atoms with van der Waals surface area (Å²) in [6, 6.07) is 1.19. The van der Waals surface area contributed by atoms with Crippen LogP contribution in [0.25, 0.3) is 0 Å². The lowest BCUT2D eigenvalue weighted by molar-refractivity contribution is 0.0815. The Hall–Kier alpha value is -1.52. The van der Waals surface area contributed by atoms with Crippen LogP contribution in [0.3, 0.4) is 0 Å². The zero-order chi connectivity index (χ0) is 12.5. The van der Waals surface area contributed by atoms with Crippen LogP contribution >= 0.6 is 0 Å². The van der Waals surface area contributed by atoms with Gasteiger partial charge in [-0.05, 0) is 31.7 Å². The summed E-state index contributed by atoms with van der Waals surface area (Å²) in [7, 11) is 0. The molecule has 0 unspecified atom stereocenters. The number of carbonyl (C=O) groups excluding carboxylic acids is 1. The van der Waals surface area contributed by atoms with E-state index in [0.29, 0.717) is 0 Å². The number of carbonyl (C=O) groups is 1. The summed E-state index contributed by atoms with van der Waals surface area (Å²) < 4.78 is 26.2. The number of aromatic nitrogens is 1. The summed E-state index contributed by atoms with van der Waals surface area (Å²) in [5.41, 5.74) is -0.513. The second-order valence-corrected chi connectivity index (χ2v) is 4.40. The third-order valence-electron chi connectivity index (χ3n) is 3.46. The molecule has 0 aliphatic heterocycles. The number of amides is 1. The van der Waals surface area contributed by atoms with Crippen molar-refractivity contribution in [3.63, 3.8) is 0 Å². The molecule has 0 aromatic carbocycles. The Morgan fingerprint density at radius 3 is 2.76 bits per heavy atom. The van der Waals surface area contributed by atoms with Gasteiger partial charge in [-0.1, -0.05) is 6.92 Å². The summed E-state index contributed by atoms with van der Waals surface area (Å²) in [6.45, 7) is 1.98. The van der Waals surface area contributed by atoms with Gasteiger partial charge in [0.25, 0.3) is 5.91 Å². The minimum absolute atomic E-state index is 0.233. The van der Waals surface area contributed by atoms with Crippen LogP contribution in [0.1, 0.15) is 43.0 Å². The van der Waals surface area contributed by atoms with E-state index in [2.05, 4.69) is 10.3 Å². The summed E-state index contributed by atoms with van der Waals surface area (Å²) in [5.74, 6) is -2.99. The third-order valence-corrected chi connectivity index (χ3v) is 3.46. The van der Waals surface area contributed by atoms with Crippen molar-refractivity contribution in [2.75, 3.05) is 0 Å². The maximum Gasteiger partial charge on any atom is 0.254 e. The molecule has 1 aliphatic carbocycles. The van der Waals surface area contributed by atoms with Gasteiger partial charge in [0, 0.05) is 11.7 Å². The van der Waals surface area contributed by atoms with Crippen LogP contribution in [0.4, 0.5) is 8.78 Å². The molecule has 1 heterocycles. The van der Waals surface area contributed by atoms with Crippen molar-refractivity contribution in [3.05, 3.63) is 29.6 Å². The highest BCUT2D eigenvalue weighted by Gasteiger charge is 2.37. The first-order valence-corrected chi connectivity index (χ1v) is 5.70. The number of hydrogen-bond donors (Lipinski definition) is 1. The molecule has 1 aliphatic rings. The molecule has 92 valence electrons. The van der Waals surface area contributed by atoms with Crippen molar-refractivity contribution in [1.29, 1.82) is 0 Å². The van der Waals surface area contributed by atoms with E-state index >= 15 is 0 Å². The highest BCUT2D eigenvalue weighted by molar-refractivity contribution is 5.94. The van der Waals surface area contributed by atoms with Crippen molar-refractivity contribution in [2.45, 2.75) is 38.1 Å². The minimum atomic E-state index is -1.24. The predicted octanol–water partition coefficient (Wildman–Crippen LogP) is 2.42. The molecule has 2 rings (SSSR count). The zero-order valence-corrected chi connectivity index (χ0v) is 9.59. The fourth-order valence-electron chi connectivity index (χ4n) is 2.07. The summed E-state index contributed by atoms with van der Waals surface area (Å²) in [5, 5.41) is 2.79. The molecular weight excluding hydrogens is 226 g/mol. The molecule has 1 aromatic heterocycles. The molecule has 0 bridgehead atoms. The monoisotopic (exact) mass is 240 g/mol. The standard InChI is InChI=1S/C12H14F2N2O/c1-2-12(5-3-6-12)16-11(17)8-4-7-15-10(14)9(8)13/h4,7H,2-3,5-6H2,1H3,(H,16,17). The van der Waals surface area contributed by atoms with E-state index in [9.17, 15) is 13.6 Å². The van der Waals surface area contributed by atoms with Gasteiger partial charge in [-0.3, -0.25) is 4.79 Å². The summed E-state index contributed by atoms with van der Waals surface area (Å²) >= 11 is 0. The van der Waals surface area contributed by atoms with E-state index < -0.39 is 17.7 Å². The molecule has 1 fully saturated rings. The van der Waals surface area contributed by atoms with Crippen molar-refractivity contribution < 1.29 is 13.6 Å². The third kappa shape index (κ3) is 2.14. The summed E-state index contributed by atoms with van der Waals surface area (Å²) in [4.78, 5) is 15.0. The molecule has 5 heteroatoms. The Morgan fingerprint density at radius 2 is 2.24 bits per heavy atom. The van der Waals surface area contributed by atoms with Gasteiger partial charge in [-0.15, -0.1) is 0 Å². The second-order valence-electron chi connectivity index (χ2n) is 4.40. The smallest absolute Gasteiger partial charge is 0.254 e.